The summed E-state index contributed by atoms with van der Waals surface area (Å²) in [5.74, 6) is -0.264. The van der Waals surface area contributed by atoms with Gasteiger partial charge in [0.1, 0.15) is 18.4 Å². The van der Waals surface area contributed by atoms with Gasteiger partial charge in [-0.05, 0) is 29.7 Å². The number of hydrogen-bond acceptors (Lipinski definition) is 5. The molecule has 0 fully saturated rings. The molecule has 0 aliphatic heterocycles. The Hall–Kier alpha value is -2.59. The number of benzene rings is 2. The number of esters is 1. The van der Waals surface area contributed by atoms with Crippen molar-refractivity contribution in [2.75, 3.05) is 13.3 Å². The second-order valence-electron chi connectivity index (χ2n) is 6.99. The fourth-order valence-corrected chi connectivity index (χ4v) is 3.36. The number of rotatable bonds is 8. The SMILES string of the molecule is CC(=O)NC(Cc1ccc(OP(C)(C)=O)c(C)c1)C(=O)OCc1ccccc1. The Morgan fingerprint density at radius 3 is 2.32 bits per heavy atom. The minimum atomic E-state index is -2.66. The molecule has 0 aliphatic carbocycles. The van der Waals surface area contributed by atoms with Crippen molar-refractivity contribution >= 4 is 19.2 Å². The van der Waals surface area contributed by atoms with Gasteiger partial charge < -0.3 is 14.6 Å². The number of carbonyl (C=O) groups excluding carboxylic acids is 2. The van der Waals surface area contributed by atoms with Crippen LogP contribution >= 0.6 is 7.37 Å². The first-order valence-corrected chi connectivity index (χ1v) is 11.5. The van der Waals surface area contributed by atoms with Crippen LogP contribution in [0.2, 0.25) is 0 Å². The third kappa shape index (κ3) is 7.20. The second-order valence-corrected chi connectivity index (χ2v) is 9.68. The third-order valence-corrected chi connectivity index (χ3v) is 4.52. The first-order chi connectivity index (χ1) is 13.1. The van der Waals surface area contributed by atoms with Gasteiger partial charge in [-0.3, -0.25) is 9.36 Å². The van der Waals surface area contributed by atoms with Gasteiger partial charge in [0.15, 0.2) is 0 Å². The molecule has 0 aliphatic rings. The molecular formula is C21H26NO5P. The summed E-state index contributed by atoms with van der Waals surface area (Å²) in [7, 11) is -2.66. The van der Waals surface area contributed by atoms with Crippen molar-refractivity contribution in [3.63, 3.8) is 0 Å². The standard InChI is InChI=1S/C21H26NO5P/c1-15-12-18(10-11-20(15)27-28(3,4)25)13-19(22-16(2)23)21(24)26-14-17-8-6-5-7-9-17/h5-12,19H,13-14H2,1-4H3,(H,22,23). The number of hydrogen-bond donors (Lipinski definition) is 1. The first-order valence-electron chi connectivity index (χ1n) is 8.96. The number of nitrogens with one attached hydrogen (secondary N) is 1. The molecule has 0 bridgehead atoms. The number of carbonyl (C=O) groups is 2. The van der Waals surface area contributed by atoms with Crippen molar-refractivity contribution in [1.29, 1.82) is 0 Å². The van der Waals surface area contributed by atoms with Crippen molar-refractivity contribution in [1.82, 2.24) is 5.32 Å². The van der Waals surface area contributed by atoms with Gasteiger partial charge in [-0.15, -0.1) is 0 Å². The normalized spacial score (nSPS) is 12.1. The Morgan fingerprint density at radius 1 is 1.07 bits per heavy atom. The van der Waals surface area contributed by atoms with Crippen LogP contribution in [0.25, 0.3) is 0 Å². The fraction of sp³-hybridized carbons (Fsp3) is 0.333. The van der Waals surface area contributed by atoms with Gasteiger partial charge >= 0.3 is 5.97 Å². The van der Waals surface area contributed by atoms with Crippen LogP contribution in [0.15, 0.2) is 48.5 Å². The van der Waals surface area contributed by atoms with Crippen LogP contribution < -0.4 is 9.84 Å². The highest BCUT2D eigenvalue weighted by molar-refractivity contribution is 7.57. The highest BCUT2D eigenvalue weighted by atomic mass is 31.2. The van der Waals surface area contributed by atoms with E-state index in [2.05, 4.69) is 5.32 Å². The van der Waals surface area contributed by atoms with Crippen LogP contribution in [-0.2, 0) is 31.9 Å². The molecule has 0 radical (unpaired) electrons. The zero-order valence-electron chi connectivity index (χ0n) is 16.6. The summed E-state index contributed by atoms with van der Waals surface area (Å²) in [6.07, 6.45) is 0.282. The molecule has 1 unspecified atom stereocenters. The summed E-state index contributed by atoms with van der Waals surface area (Å²) < 4.78 is 22.7. The highest BCUT2D eigenvalue weighted by Gasteiger charge is 2.22. The summed E-state index contributed by atoms with van der Waals surface area (Å²) >= 11 is 0. The van der Waals surface area contributed by atoms with Gasteiger partial charge in [0.2, 0.25) is 13.3 Å². The Morgan fingerprint density at radius 2 is 1.75 bits per heavy atom. The lowest BCUT2D eigenvalue weighted by atomic mass is 10.0. The van der Waals surface area contributed by atoms with Crippen LogP contribution in [0, 0.1) is 6.92 Å². The van der Waals surface area contributed by atoms with Crippen LogP contribution in [0.4, 0.5) is 0 Å². The fourth-order valence-electron chi connectivity index (χ4n) is 2.68. The molecule has 7 heteroatoms. The smallest absolute Gasteiger partial charge is 0.329 e. The van der Waals surface area contributed by atoms with Crippen molar-refractivity contribution < 1.29 is 23.4 Å². The number of ether oxygens (including phenoxy) is 1. The molecule has 6 nitrogen and oxygen atoms in total. The molecule has 0 saturated heterocycles. The van der Waals surface area contributed by atoms with Gasteiger partial charge in [-0.2, -0.15) is 0 Å². The molecule has 2 aromatic rings. The number of aryl methyl sites for hydroxylation is 1. The maximum absolute atomic E-state index is 12.5. The molecule has 28 heavy (non-hydrogen) atoms. The van der Waals surface area contributed by atoms with E-state index in [1.165, 1.54) is 6.92 Å². The topological polar surface area (TPSA) is 81.7 Å². The van der Waals surface area contributed by atoms with Gasteiger partial charge in [0.05, 0.1) is 0 Å². The molecule has 2 rings (SSSR count). The van der Waals surface area contributed by atoms with E-state index in [1.54, 1.807) is 25.5 Å². The van der Waals surface area contributed by atoms with Crippen LogP contribution in [0.1, 0.15) is 23.6 Å². The molecule has 0 aromatic heterocycles. The van der Waals surface area contributed by atoms with E-state index >= 15 is 0 Å². The predicted octanol–water partition coefficient (Wildman–Crippen LogP) is 3.70. The Bertz CT molecular complexity index is 876. The maximum Gasteiger partial charge on any atom is 0.329 e. The maximum atomic E-state index is 12.5. The van der Waals surface area contributed by atoms with Crippen LogP contribution in [0.3, 0.4) is 0 Å². The van der Waals surface area contributed by atoms with Gasteiger partial charge in [0, 0.05) is 26.7 Å². The Balaban J connectivity index is 2.08. The molecule has 2 aromatic carbocycles. The molecule has 1 amide bonds. The Kier molecular flexibility index (Phi) is 7.41. The zero-order valence-corrected chi connectivity index (χ0v) is 17.5. The van der Waals surface area contributed by atoms with Gasteiger partial charge in [-0.25, -0.2) is 4.79 Å². The molecule has 0 spiro atoms. The van der Waals surface area contributed by atoms with E-state index < -0.39 is 19.4 Å². The average molecular weight is 403 g/mol. The van der Waals surface area contributed by atoms with Crippen LogP contribution in [0.5, 0.6) is 5.75 Å². The predicted molar refractivity (Wildman–Crippen MR) is 109 cm³/mol. The lowest BCUT2D eigenvalue weighted by molar-refractivity contribution is -0.149. The quantitative estimate of drug-likeness (QED) is 0.537. The number of amides is 1. The Labute approximate surface area is 165 Å². The first kappa shape index (κ1) is 21.7. The minimum Gasteiger partial charge on any atom is -0.459 e. The summed E-state index contributed by atoms with van der Waals surface area (Å²) in [4.78, 5) is 24.0. The van der Waals surface area contributed by atoms with Crippen molar-refractivity contribution in [2.24, 2.45) is 0 Å². The lowest BCUT2D eigenvalue weighted by Gasteiger charge is -2.18. The monoisotopic (exact) mass is 403 g/mol. The summed E-state index contributed by atoms with van der Waals surface area (Å²) in [6, 6.07) is 13.9. The molecule has 1 atom stereocenters. The van der Waals surface area contributed by atoms with Crippen molar-refractivity contribution in [3.05, 3.63) is 65.2 Å². The molecule has 1 N–H and O–H groups in total. The summed E-state index contributed by atoms with van der Waals surface area (Å²) in [5, 5.41) is 2.65. The average Bonchev–Trinajstić information content (AvgIpc) is 2.61. The zero-order chi connectivity index (χ0) is 20.7. The molecule has 150 valence electrons. The second kappa shape index (κ2) is 9.56. The van der Waals surface area contributed by atoms with E-state index in [-0.39, 0.29) is 18.9 Å². The van der Waals surface area contributed by atoms with Crippen molar-refractivity contribution in [3.8, 4) is 5.75 Å². The van der Waals surface area contributed by atoms with E-state index in [0.717, 1.165) is 16.7 Å². The minimum absolute atomic E-state index is 0.143. The largest absolute Gasteiger partial charge is 0.459 e. The highest BCUT2D eigenvalue weighted by Crippen LogP contribution is 2.40. The summed E-state index contributed by atoms with van der Waals surface area (Å²) in [5.41, 5.74) is 2.52. The lowest BCUT2D eigenvalue weighted by Crippen LogP contribution is -2.42. The van der Waals surface area contributed by atoms with Gasteiger partial charge in [0.25, 0.3) is 0 Å². The van der Waals surface area contributed by atoms with E-state index in [9.17, 15) is 14.2 Å². The van der Waals surface area contributed by atoms with Crippen molar-refractivity contribution in [2.45, 2.75) is 32.9 Å². The summed E-state index contributed by atoms with van der Waals surface area (Å²) in [6.45, 7) is 6.45. The van der Waals surface area contributed by atoms with E-state index in [0.29, 0.717) is 5.75 Å². The molecular weight excluding hydrogens is 377 g/mol. The third-order valence-electron chi connectivity index (χ3n) is 3.88. The molecule has 0 heterocycles. The van der Waals surface area contributed by atoms with E-state index in [4.69, 9.17) is 9.26 Å². The van der Waals surface area contributed by atoms with E-state index in [1.807, 2.05) is 43.3 Å². The molecule has 0 saturated carbocycles. The van der Waals surface area contributed by atoms with Gasteiger partial charge in [-0.1, -0.05) is 42.5 Å². The van der Waals surface area contributed by atoms with Crippen LogP contribution in [-0.4, -0.2) is 31.2 Å².